The minimum atomic E-state index is -1.65. The Labute approximate surface area is 113 Å². The molecule has 0 radical (unpaired) electrons. The first-order valence-electron chi connectivity index (χ1n) is 7.47. The molecule has 2 nitrogen and oxygen atoms in total. The van der Waals surface area contributed by atoms with E-state index in [9.17, 15) is 5.11 Å². The van der Waals surface area contributed by atoms with E-state index in [1.165, 1.54) is 19.3 Å². The van der Waals surface area contributed by atoms with Gasteiger partial charge in [-0.2, -0.15) is 0 Å². The van der Waals surface area contributed by atoms with Gasteiger partial charge in [0.2, 0.25) is 0 Å². The summed E-state index contributed by atoms with van der Waals surface area (Å²) >= 11 is 0. The summed E-state index contributed by atoms with van der Waals surface area (Å²) in [7, 11) is -1.65. The van der Waals surface area contributed by atoms with Crippen molar-refractivity contribution in [1.82, 2.24) is 0 Å². The number of aliphatic hydroxyl groups is 1. The van der Waals surface area contributed by atoms with Gasteiger partial charge in [-0.3, -0.25) is 0 Å². The third-order valence-corrected chi connectivity index (χ3v) is 10.2. The zero-order valence-electron chi connectivity index (χ0n) is 12.9. The van der Waals surface area contributed by atoms with Crippen LogP contribution in [-0.4, -0.2) is 25.6 Å². The maximum Gasteiger partial charge on any atom is 0.192 e. The molecule has 0 heterocycles. The van der Waals surface area contributed by atoms with Crippen molar-refractivity contribution in [1.29, 1.82) is 0 Å². The van der Waals surface area contributed by atoms with Crippen LogP contribution >= 0.6 is 0 Å². The summed E-state index contributed by atoms with van der Waals surface area (Å²) in [6, 6.07) is 0. The standard InChI is InChI=1S/C15H30O2Si/c1-10(16)12-7-11-8-13(12)14(9-11)17-18(5,6)15(2,3)4/h10-14,16H,7-9H2,1-6H3/t10-,11-,12+,13-,14+/m1/s1. The van der Waals surface area contributed by atoms with Crippen LogP contribution in [0.1, 0.15) is 47.0 Å². The van der Waals surface area contributed by atoms with Crippen molar-refractivity contribution in [2.75, 3.05) is 0 Å². The molecule has 2 aliphatic rings. The molecule has 0 spiro atoms. The number of fused-ring (bicyclic) bond motifs is 2. The van der Waals surface area contributed by atoms with Crippen LogP contribution < -0.4 is 0 Å². The smallest absolute Gasteiger partial charge is 0.192 e. The molecule has 18 heavy (non-hydrogen) atoms. The number of aliphatic hydroxyl groups excluding tert-OH is 1. The normalized spacial score (nSPS) is 38.2. The van der Waals surface area contributed by atoms with Crippen LogP contribution in [0.15, 0.2) is 0 Å². The van der Waals surface area contributed by atoms with Gasteiger partial charge in [-0.05, 0) is 62.1 Å². The highest BCUT2D eigenvalue weighted by atomic mass is 28.4. The predicted molar refractivity (Wildman–Crippen MR) is 78.1 cm³/mol. The Morgan fingerprint density at radius 2 is 1.78 bits per heavy atom. The van der Waals surface area contributed by atoms with Gasteiger partial charge in [0.05, 0.1) is 6.10 Å². The molecule has 0 aromatic heterocycles. The van der Waals surface area contributed by atoms with E-state index in [0.29, 0.717) is 17.9 Å². The van der Waals surface area contributed by atoms with Crippen LogP contribution in [0.3, 0.4) is 0 Å². The van der Waals surface area contributed by atoms with Gasteiger partial charge in [0.15, 0.2) is 8.32 Å². The van der Waals surface area contributed by atoms with Crippen molar-refractivity contribution in [3.63, 3.8) is 0 Å². The Bertz CT molecular complexity index is 306. The second-order valence-corrected chi connectivity index (χ2v) is 12.8. The van der Waals surface area contributed by atoms with E-state index in [2.05, 4.69) is 33.9 Å². The first-order chi connectivity index (χ1) is 8.12. The zero-order valence-corrected chi connectivity index (χ0v) is 13.9. The van der Waals surface area contributed by atoms with Gasteiger partial charge in [-0.1, -0.05) is 20.8 Å². The van der Waals surface area contributed by atoms with E-state index in [1.807, 2.05) is 6.92 Å². The van der Waals surface area contributed by atoms with Crippen molar-refractivity contribution in [3.05, 3.63) is 0 Å². The molecule has 2 rings (SSSR count). The Hall–Kier alpha value is 0.137. The van der Waals surface area contributed by atoms with E-state index < -0.39 is 8.32 Å². The van der Waals surface area contributed by atoms with Crippen LogP contribution in [0, 0.1) is 17.8 Å². The van der Waals surface area contributed by atoms with Crippen LogP contribution in [0.4, 0.5) is 0 Å². The molecule has 2 bridgehead atoms. The maximum absolute atomic E-state index is 9.91. The fourth-order valence-corrected chi connectivity index (χ4v) is 4.97. The topological polar surface area (TPSA) is 29.5 Å². The van der Waals surface area contributed by atoms with E-state index in [1.54, 1.807) is 0 Å². The van der Waals surface area contributed by atoms with Crippen molar-refractivity contribution < 1.29 is 9.53 Å². The molecule has 5 atom stereocenters. The summed E-state index contributed by atoms with van der Waals surface area (Å²) in [5.74, 6) is 1.91. The minimum absolute atomic E-state index is 0.161. The van der Waals surface area contributed by atoms with Gasteiger partial charge in [0.1, 0.15) is 0 Å². The molecule has 1 N–H and O–H groups in total. The van der Waals surface area contributed by atoms with Gasteiger partial charge in [-0.25, -0.2) is 0 Å². The lowest BCUT2D eigenvalue weighted by Crippen LogP contribution is -2.46. The molecule has 2 aliphatic carbocycles. The monoisotopic (exact) mass is 270 g/mol. The van der Waals surface area contributed by atoms with Crippen molar-refractivity contribution >= 4 is 8.32 Å². The fraction of sp³-hybridized carbons (Fsp3) is 1.00. The second kappa shape index (κ2) is 4.60. The van der Waals surface area contributed by atoms with Crippen LogP contribution in [-0.2, 0) is 4.43 Å². The van der Waals surface area contributed by atoms with Crippen LogP contribution in [0.25, 0.3) is 0 Å². The first-order valence-corrected chi connectivity index (χ1v) is 10.4. The first kappa shape index (κ1) is 14.5. The largest absolute Gasteiger partial charge is 0.414 e. The summed E-state index contributed by atoms with van der Waals surface area (Å²) in [4.78, 5) is 0. The molecule has 0 aromatic rings. The lowest BCUT2D eigenvalue weighted by Gasteiger charge is -2.42. The molecule has 3 heteroatoms. The van der Waals surface area contributed by atoms with Crippen LogP contribution in [0.5, 0.6) is 0 Å². The molecule has 106 valence electrons. The average Bonchev–Trinajstić information content (AvgIpc) is 2.73. The Kier molecular flexibility index (Phi) is 3.72. The molecule has 2 saturated carbocycles. The SMILES string of the molecule is C[C@@H](O)[C@@H]1C[C@@H]2C[C@H]1[C@@H](O[Si](C)(C)C(C)(C)C)C2. The minimum Gasteiger partial charge on any atom is -0.414 e. The summed E-state index contributed by atoms with van der Waals surface area (Å²) in [5, 5.41) is 10.2. The van der Waals surface area contributed by atoms with E-state index >= 15 is 0 Å². The lowest BCUT2D eigenvalue weighted by molar-refractivity contribution is 0.0264. The predicted octanol–water partition coefficient (Wildman–Crippen LogP) is 3.80. The van der Waals surface area contributed by atoms with Crippen LogP contribution in [0.2, 0.25) is 18.1 Å². The summed E-state index contributed by atoms with van der Waals surface area (Å²) in [5.41, 5.74) is 0. The molecule has 0 saturated heterocycles. The van der Waals surface area contributed by atoms with E-state index in [-0.39, 0.29) is 11.1 Å². The fourth-order valence-electron chi connectivity index (χ4n) is 3.58. The number of rotatable bonds is 3. The molecule has 0 amide bonds. The average molecular weight is 270 g/mol. The van der Waals surface area contributed by atoms with Gasteiger partial charge in [-0.15, -0.1) is 0 Å². The third-order valence-electron chi connectivity index (χ3n) is 5.68. The highest BCUT2D eigenvalue weighted by Crippen LogP contribution is 2.52. The third kappa shape index (κ3) is 2.54. The van der Waals surface area contributed by atoms with E-state index in [4.69, 9.17) is 4.43 Å². The summed E-state index contributed by atoms with van der Waals surface area (Å²) < 4.78 is 6.61. The van der Waals surface area contributed by atoms with Gasteiger partial charge >= 0.3 is 0 Å². The molecule has 2 fully saturated rings. The summed E-state index contributed by atoms with van der Waals surface area (Å²) in [6.07, 6.45) is 4.00. The Morgan fingerprint density at radius 1 is 1.17 bits per heavy atom. The van der Waals surface area contributed by atoms with Gasteiger partial charge in [0.25, 0.3) is 0 Å². The lowest BCUT2D eigenvalue weighted by atomic mass is 9.83. The maximum atomic E-state index is 9.91. The molecular weight excluding hydrogens is 240 g/mol. The highest BCUT2D eigenvalue weighted by molar-refractivity contribution is 6.74. The quantitative estimate of drug-likeness (QED) is 0.790. The zero-order chi connectivity index (χ0) is 13.7. The molecular formula is C15H30O2Si. The van der Waals surface area contributed by atoms with Gasteiger partial charge < -0.3 is 9.53 Å². The molecule has 0 aliphatic heterocycles. The van der Waals surface area contributed by atoms with Crippen molar-refractivity contribution in [3.8, 4) is 0 Å². The Balaban J connectivity index is 2.04. The van der Waals surface area contributed by atoms with Gasteiger partial charge in [0, 0.05) is 6.10 Å². The number of hydrogen-bond acceptors (Lipinski definition) is 2. The second-order valence-electron chi connectivity index (χ2n) is 8.06. The number of hydrogen-bond donors (Lipinski definition) is 1. The molecule has 0 aromatic carbocycles. The van der Waals surface area contributed by atoms with Crippen molar-refractivity contribution in [2.45, 2.75) is 77.3 Å². The highest BCUT2D eigenvalue weighted by Gasteiger charge is 2.51. The summed E-state index contributed by atoms with van der Waals surface area (Å²) in [6.45, 7) is 13.6. The van der Waals surface area contributed by atoms with Crippen molar-refractivity contribution in [2.24, 2.45) is 17.8 Å². The molecule has 0 unspecified atom stereocenters. The van der Waals surface area contributed by atoms with E-state index in [0.717, 1.165) is 5.92 Å². The Morgan fingerprint density at radius 3 is 2.22 bits per heavy atom.